The molecule has 0 amide bonds. The van der Waals surface area contributed by atoms with Gasteiger partial charge in [-0.15, -0.1) is 11.3 Å². The number of hydrogen-bond acceptors (Lipinski definition) is 10. The second-order valence-corrected chi connectivity index (χ2v) is 11.2. The fourth-order valence-corrected chi connectivity index (χ4v) is 6.76. The van der Waals surface area contributed by atoms with Gasteiger partial charge in [-0.05, 0) is 24.6 Å². The zero-order valence-corrected chi connectivity index (χ0v) is 24.4. The van der Waals surface area contributed by atoms with E-state index in [0.717, 1.165) is 17.4 Å². The lowest BCUT2D eigenvalue weighted by molar-refractivity contribution is 0.126. The number of alkyl halides is 2. The van der Waals surface area contributed by atoms with Crippen molar-refractivity contribution in [3.8, 4) is 29.0 Å². The molecule has 0 fully saturated rings. The third-order valence-corrected chi connectivity index (χ3v) is 8.66. The van der Waals surface area contributed by atoms with Gasteiger partial charge in [0.05, 0.1) is 39.9 Å². The van der Waals surface area contributed by atoms with Gasteiger partial charge in [0.1, 0.15) is 40.6 Å². The molecule has 0 radical (unpaired) electrons. The predicted octanol–water partition coefficient (Wildman–Crippen LogP) is 6.87. The molecule has 5 aromatic rings. The third-order valence-electron chi connectivity index (χ3n) is 7.27. The predicted molar refractivity (Wildman–Crippen MR) is 160 cm³/mol. The number of hydrogen-bond donors (Lipinski definition) is 2. The summed E-state index contributed by atoms with van der Waals surface area (Å²) in [5.41, 5.74) is 12.0. The van der Waals surface area contributed by atoms with Crippen LogP contribution in [0.2, 0.25) is 5.02 Å². The minimum absolute atomic E-state index is 0.0163. The maximum atomic E-state index is 16.8. The molecule has 0 saturated heterocycles. The van der Waals surface area contributed by atoms with Crippen LogP contribution >= 0.6 is 22.9 Å². The van der Waals surface area contributed by atoms with Crippen LogP contribution in [-0.2, 0) is 0 Å². The second kappa shape index (κ2) is 11.5. The molecule has 0 unspecified atom stereocenters. The number of thiophene rings is 1. The molecule has 44 heavy (non-hydrogen) atoms. The lowest BCUT2D eigenvalue weighted by Crippen LogP contribution is -2.34. The van der Waals surface area contributed by atoms with Crippen LogP contribution in [-0.4, -0.2) is 41.1 Å². The Morgan fingerprint density at radius 1 is 1.20 bits per heavy atom. The second-order valence-electron chi connectivity index (χ2n) is 9.73. The summed E-state index contributed by atoms with van der Waals surface area (Å²) in [6.45, 7) is 1.74. The summed E-state index contributed by atoms with van der Waals surface area (Å²) >= 11 is 7.73. The lowest BCUT2D eigenvalue weighted by Gasteiger charge is -2.32. The van der Waals surface area contributed by atoms with E-state index in [4.69, 9.17) is 32.5 Å². The number of benzene rings is 2. The number of anilines is 3. The molecular weight excluding hydrogens is 622 g/mol. The van der Waals surface area contributed by atoms with E-state index in [1.807, 2.05) is 6.07 Å². The number of nitrogens with zero attached hydrogens (tertiary/aromatic N) is 5. The summed E-state index contributed by atoms with van der Waals surface area (Å²) in [6, 6.07) is 6.27. The maximum absolute atomic E-state index is 16.8. The number of ether oxygens (including phenoxy) is 2. The average Bonchev–Trinajstić information content (AvgIpc) is 3.22. The van der Waals surface area contributed by atoms with E-state index >= 15 is 4.39 Å². The van der Waals surface area contributed by atoms with Crippen LogP contribution in [0.3, 0.4) is 0 Å². The SMILES string of the molecule is CCOc1nc2c3c(c(Cl)c(-c4ccc(F)c5sc(N)c(C#N)c45)c(F)c3n1)OCCN2[C@H](CC(F)F)c1cccnc1N. The van der Waals surface area contributed by atoms with E-state index in [9.17, 15) is 18.4 Å². The van der Waals surface area contributed by atoms with Crippen molar-refractivity contribution < 1.29 is 27.0 Å². The molecule has 0 bridgehead atoms. The number of fused-ring (bicyclic) bond motifs is 1. The van der Waals surface area contributed by atoms with Gasteiger partial charge in [-0.2, -0.15) is 15.2 Å². The minimum atomic E-state index is -2.75. The highest BCUT2D eigenvalue weighted by atomic mass is 35.5. The molecule has 4 heterocycles. The van der Waals surface area contributed by atoms with Crippen molar-refractivity contribution in [3.05, 3.63) is 58.2 Å². The van der Waals surface area contributed by atoms with Crippen LogP contribution in [0, 0.1) is 23.0 Å². The molecule has 3 aromatic heterocycles. The van der Waals surface area contributed by atoms with Gasteiger partial charge in [-0.3, -0.25) is 0 Å². The van der Waals surface area contributed by atoms with Gasteiger partial charge in [0.15, 0.2) is 11.6 Å². The molecule has 1 aliphatic rings. The molecule has 226 valence electrons. The zero-order chi connectivity index (χ0) is 31.3. The quantitative estimate of drug-likeness (QED) is 0.182. The Balaban J connectivity index is 1.69. The molecule has 2 aromatic carbocycles. The van der Waals surface area contributed by atoms with Crippen LogP contribution in [0.15, 0.2) is 30.5 Å². The Morgan fingerprint density at radius 3 is 2.70 bits per heavy atom. The number of rotatable bonds is 7. The van der Waals surface area contributed by atoms with E-state index in [1.165, 1.54) is 17.2 Å². The van der Waals surface area contributed by atoms with Gasteiger partial charge in [0, 0.05) is 29.1 Å². The summed E-state index contributed by atoms with van der Waals surface area (Å²) in [4.78, 5) is 14.4. The van der Waals surface area contributed by atoms with Gasteiger partial charge in [0.2, 0.25) is 6.43 Å². The molecule has 1 atom stereocenters. The third kappa shape index (κ3) is 4.72. The van der Waals surface area contributed by atoms with Gasteiger partial charge in [-0.1, -0.05) is 23.7 Å². The fourth-order valence-electron chi connectivity index (χ4n) is 5.48. The minimum Gasteiger partial charge on any atom is -0.489 e. The summed E-state index contributed by atoms with van der Waals surface area (Å²) < 4.78 is 71.4. The summed E-state index contributed by atoms with van der Waals surface area (Å²) in [5, 5.41) is 9.75. The van der Waals surface area contributed by atoms with E-state index in [-0.39, 0.29) is 90.9 Å². The Morgan fingerprint density at radius 2 is 2.00 bits per heavy atom. The fraction of sp³-hybridized carbons (Fsp3) is 0.241. The van der Waals surface area contributed by atoms with E-state index in [2.05, 4.69) is 15.0 Å². The van der Waals surface area contributed by atoms with E-state index in [0.29, 0.717) is 5.56 Å². The van der Waals surface area contributed by atoms with Crippen LogP contribution in [0.5, 0.6) is 11.8 Å². The molecule has 4 N–H and O–H groups in total. The molecule has 1 aliphatic heterocycles. The van der Waals surface area contributed by atoms with Crippen molar-refractivity contribution in [3.63, 3.8) is 0 Å². The Labute approximate surface area is 256 Å². The van der Waals surface area contributed by atoms with Crippen molar-refractivity contribution in [1.82, 2.24) is 15.0 Å². The maximum Gasteiger partial charge on any atom is 0.319 e. The van der Waals surface area contributed by atoms with Crippen molar-refractivity contribution in [2.24, 2.45) is 0 Å². The highest BCUT2D eigenvalue weighted by Crippen LogP contribution is 2.51. The van der Waals surface area contributed by atoms with Crippen molar-refractivity contribution in [2.75, 3.05) is 36.1 Å². The molecule has 0 spiro atoms. The number of halogens is 5. The number of nitrogens with two attached hydrogens (primary N) is 2. The monoisotopic (exact) mass is 643 g/mol. The summed E-state index contributed by atoms with van der Waals surface area (Å²) in [7, 11) is 0. The molecule has 0 saturated carbocycles. The Kier molecular flexibility index (Phi) is 7.68. The first-order valence-corrected chi connectivity index (χ1v) is 14.5. The van der Waals surface area contributed by atoms with Crippen molar-refractivity contribution >= 4 is 60.6 Å². The van der Waals surface area contributed by atoms with Gasteiger partial charge >= 0.3 is 6.01 Å². The highest BCUT2D eigenvalue weighted by Gasteiger charge is 2.35. The summed E-state index contributed by atoms with van der Waals surface area (Å²) in [6.07, 6.45) is -1.96. The van der Waals surface area contributed by atoms with Crippen molar-refractivity contribution in [1.29, 1.82) is 5.26 Å². The smallest absolute Gasteiger partial charge is 0.319 e. The lowest BCUT2D eigenvalue weighted by atomic mass is 9.96. The van der Waals surface area contributed by atoms with Gasteiger partial charge in [-0.25, -0.2) is 22.5 Å². The molecule has 9 nitrogen and oxygen atoms in total. The molecule has 15 heteroatoms. The van der Waals surface area contributed by atoms with Crippen LogP contribution in [0.1, 0.15) is 30.5 Å². The van der Waals surface area contributed by atoms with Crippen LogP contribution in [0.4, 0.5) is 34.2 Å². The molecule has 6 rings (SSSR count). The largest absolute Gasteiger partial charge is 0.489 e. The van der Waals surface area contributed by atoms with Crippen LogP contribution in [0.25, 0.3) is 32.1 Å². The standard InChI is InChI=1S/C29H22ClF4N7O2S/c1-2-42-29-39-23-20-24(21(30)19(22(23)34)13-5-6-15(31)25-18(13)14(11-35)27(37)44-25)43-9-8-41(28(20)40-29)16(10-17(32)33)12-4-3-7-38-26(12)36/h3-7,16-17H,2,8-10,37H2,1H3,(H2,36,38)/t16-/m1/s1. The average molecular weight is 644 g/mol. The highest BCUT2D eigenvalue weighted by molar-refractivity contribution is 7.23. The first-order valence-electron chi connectivity index (χ1n) is 13.3. The summed E-state index contributed by atoms with van der Waals surface area (Å²) in [5.74, 6) is -1.53. The zero-order valence-electron chi connectivity index (χ0n) is 22.9. The topological polar surface area (TPSA) is 136 Å². The number of aromatic nitrogens is 3. The number of pyridine rings is 1. The Hall–Kier alpha value is -4.61. The van der Waals surface area contributed by atoms with Crippen LogP contribution < -0.4 is 25.8 Å². The number of nitriles is 1. The molecular formula is C29H22ClF4N7O2S. The number of nitrogen functional groups attached to an aromatic ring is 2. The molecule has 0 aliphatic carbocycles. The van der Waals surface area contributed by atoms with E-state index in [1.54, 1.807) is 19.1 Å². The normalized spacial score (nSPS) is 13.6. The van der Waals surface area contributed by atoms with E-state index < -0.39 is 30.5 Å². The van der Waals surface area contributed by atoms with Gasteiger partial charge < -0.3 is 25.8 Å². The Bertz CT molecular complexity index is 1980. The first kappa shape index (κ1) is 29.5. The van der Waals surface area contributed by atoms with Crippen molar-refractivity contribution in [2.45, 2.75) is 25.8 Å². The van der Waals surface area contributed by atoms with Gasteiger partial charge in [0.25, 0.3) is 0 Å². The first-order chi connectivity index (χ1) is 21.2.